The lowest BCUT2D eigenvalue weighted by Crippen LogP contribution is -2.24. The summed E-state index contributed by atoms with van der Waals surface area (Å²) in [7, 11) is 0. The van der Waals surface area contributed by atoms with Crippen molar-refractivity contribution in [3.8, 4) is 0 Å². The van der Waals surface area contributed by atoms with Gasteiger partial charge in [-0.3, -0.25) is 14.5 Å². The number of thioether (sulfide) groups is 1. The summed E-state index contributed by atoms with van der Waals surface area (Å²) in [4.78, 5) is 28.1. The Morgan fingerprint density at radius 2 is 2.53 bits per heavy atom. The molecule has 7 heteroatoms. The lowest BCUT2D eigenvalue weighted by atomic mass is 10.4. The van der Waals surface area contributed by atoms with Gasteiger partial charge in [0.15, 0.2) is 5.12 Å². The van der Waals surface area contributed by atoms with E-state index in [9.17, 15) is 9.59 Å². The molecule has 0 spiro atoms. The first kappa shape index (κ1) is 10.6. The van der Waals surface area contributed by atoms with Crippen LogP contribution in [0.1, 0.15) is 13.3 Å². The van der Waals surface area contributed by atoms with Gasteiger partial charge in [-0.05, 0) is 0 Å². The fourth-order valence-electron chi connectivity index (χ4n) is 1.46. The van der Waals surface area contributed by atoms with E-state index < -0.39 is 0 Å². The first-order chi connectivity index (χ1) is 7.16. The van der Waals surface area contributed by atoms with E-state index >= 15 is 0 Å². The van der Waals surface area contributed by atoms with Gasteiger partial charge in [0.2, 0.25) is 11.0 Å². The number of nitrogens with zero attached hydrogens (tertiary/aromatic N) is 3. The number of aromatic nitrogens is 2. The monoisotopic (exact) mass is 243 g/mol. The highest BCUT2D eigenvalue weighted by atomic mass is 32.2. The maximum atomic E-state index is 11.6. The Labute approximate surface area is 95.0 Å². The quantitative estimate of drug-likeness (QED) is 0.773. The van der Waals surface area contributed by atoms with Gasteiger partial charge in [0.05, 0.1) is 0 Å². The summed E-state index contributed by atoms with van der Waals surface area (Å²) in [5.41, 5.74) is 0. The van der Waals surface area contributed by atoms with E-state index in [4.69, 9.17) is 0 Å². The first-order valence-corrected chi connectivity index (χ1v) is 6.06. The van der Waals surface area contributed by atoms with Gasteiger partial charge < -0.3 is 0 Å². The molecule has 1 aliphatic rings. The number of amides is 1. The third-order valence-corrected chi connectivity index (χ3v) is 3.67. The highest BCUT2D eigenvalue weighted by Crippen LogP contribution is 2.28. The minimum absolute atomic E-state index is 0.0190. The van der Waals surface area contributed by atoms with Gasteiger partial charge in [-0.2, -0.15) is 4.37 Å². The molecule has 1 aromatic heterocycles. The zero-order valence-electron chi connectivity index (χ0n) is 8.04. The topological polar surface area (TPSA) is 63.2 Å². The van der Waals surface area contributed by atoms with Crippen molar-refractivity contribution in [2.45, 2.75) is 18.6 Å². The minimum atomic E-state index is 0.0190. The molecule has 0 N–H and O–H groups in total. The van der Waals surface area contributed by atoms with Crippen LogP contribution in [0, 0.1) is 0 Å². The Balaban J connectivity index is 2.05. The molecule has 0 radical (unpaired) electrons. The SMILES string of the molecule is CC(=O)SC1CC(=O)N(c2ncns2)C1. The summed E-state index contributed by atoms with van der Waals surface area (Å²) in [6.45, 7) is 2.07. The summed E-state index contributed by atoms with van der Waals surface area (Å²) in [6, 6.07) is 0. The molecule has 1 unspecified atom stereocenters. The standard InChI is InChI=1S/C8H9N3O2S2/c1-5(12)14-6-2-7(13)11(3-6)8-9-4-10-15-8/h4,6H,2-3H2,1H3. The van der Waals surface area contributed by atoms with Crippen molar-refractivity contribution in [2.75, 3.05) is 11.4 Å². The third kappa shape index (κ3) is 2.35. The van der Waals surface area contributed by atoms with Gasteiger partial charge in [-0.1, -0.05) is 11.8 Å². The van der Waals surface area contributed by atoms with Crippen molar-refractivity contribution in [3.05, 3.63) is 6.33 Å². The molecular formula is C8H9N3O2S2. The number of rotatable bonds is 2. The van der Waals surface area contributed by atoms with Gasteiger partial charge in [0, 0.05) is 36.7 Å². The summed E-state index contributed by atoms with van der Waals surface area (Å²) >= 11 is 2.42. The fraction of sp³-hybridized carbons (Fsp3) is 0.500. The minimum Gasteiger partial charge on any atom is -0.288 e. The summed E-state index contributed by atoms with van der Waals surface area (Å²) in [6.07, 6.45) is 1.84. The van der Waals surface area contributed by atoms with E-state index in [2.05, 4.69) is 9.36 Å². The van der Waals surface area contributed by atoms with E-state index in [-0.39, 0.29) is 16.3 Å². The van der Waals surface area contributed by atoms with Crippen LogP contribution < -0.4 is 4.90 Å². The van der Waals surface area contributed by atoms with E-state index in [1.807, 2.05) is 0 Å². The van der Waals surface area contributed by atoms with Crippen LogP contribution in [0.4, 0.5) is 5.13 Å². The molecule has 1 aromatic rings. The van der Waals surface area contributed by atoms with Crippen molar-refractivity contribution in [1.82, 2.24) is 9.36 Å². The molecular weight excluding hydrogens is 234 g/mol. The largest absolute Gasteiger partial charge is 0.288 e. The van der Waals surface area contributed by atoms with Crippen molar-refractivity contribution < 1.29 is 9.59 Å². The van der Waals surface area contributed by atoms with Gasteiger partial charge >= 0.3 is 0 Å². The number of hydrogen-bond donors (Lipinski definition) is 0. The second-order valence-electron chi connectivity index (χ2n) is 3.16. The Kier molecular flexibility index (Phi) is 3.01. The van der Waals surface area contributed by atoms with E-state index in [0.717, 1.165) is 0 Å². The Bertz CT molecular complexity index is 379. The molecule has 2 rings (SSSR count). The molecule has 0 bridgehead atoms. The molecule has 1 saturated heterocycles. The van der Waals surface area contributed by atoms with Crippen LogP contribution in [-0.4, -0.2) is 32.2 Å². The van der Waals surface area contributed by atoms with E-state index in [1.165, 1.54) is 36.5 Å². The van der Waals surface area contributed by atoms with Gasteiger partial charge in [0.25, 0.3) is 0 Å². The van der Waals surface area contributed by atoms with Crippen molar-refractivity contribution in [1.29, 1.82) is 0 Å². The average Bonchev–Trinajstić information content (AvgIpc) is 2.72. The zero-order valence-corrected chi connectivity index (χ0v) is 9.68. The highest BCUT2D eigenvalue weighted by Gasteiger charge is 2.33. The van der Waals surface area contributed by atoms with Crippen molar-refractivity contribution in [3.63, 3.8) is 0 Å². The van der Waals surface area contributed by atoms with Crippen LogP contribution in [0.15, 0.2) is 6.33 Å². The fourth-order valence-corrected chi connectivity index (χ4v) is 2.94. The van der Waals surface area contributed by atoms with Crippen LogP contribution in [0.2, 0.25) is 0 Å². The van der Waals surface area contributed by atoms with Crippen LogP contribution in [-0.2, 0) is 9.59 Å². The zero-order chi connectivity index (χ0) is 10.8. The molecule has 1 atom stereocenters. The Morgan fingerprint density at radius 1 is 1.73 bits per heavy atom. The van der Waals surface area contributed by atoms with E-state index in [0.29, 0.717) is 18.1 Å². The highest BCUT2D eigenvalue weighted by molar-refractivity contribution is 8.14. The number of hydrogen-bond acceptors (Lipinski definition) is 6. The molecule has 1 amide bonds. The van der Waals surface area contributed by atoms with Crippen LogP contribution in [0.25, 0.3) is 0 Å². The van der Waals surface area contributed by atoms with Crippen molar-refractivity contribution in [2.24, 2.45) is 0 Å². The van der Waals surface area contributed by atoms with Gasteiger partial charge in [-0.25, -0.2) is 4.98 Å². The predicted molar refractivity (Wildman–Crippen MR) is 58.9 cm³/mol. The van der Waals surface area contributed by atoms with Crippen LogP contribution in [0.5, 0.6) is 0 Å². The first-order valence-electron chi connectivity index (χ1n) is 4.41. The maximum Gasteiger partial charge on any atom is 0.230 e. The van der Waals surface area contributed by atoms with Gasteiger partial charge in [-0.15, -0.1) is 0 Å². The number of carbonyl (C=O) groups excluding carboxylic acids is 2. The molecule has 0 aromatic carbocycles. The predicted octanol–water partition coefficient (Wildman–Crippen LogP) is 0.923. The molecule has 1 fully saturated rings. The van der Waals surface area contributed by atoms with Crippen molar-refractivity contribution >= 4 is 39.4 Å². The molecule has 0 aliphatic carbocycles. The average molecular weight is 243 g/mol. The summed E-state index contributed by atoms with van der Waals surface area (Å²) < 4.78 is 3.85. The smallest absolute Gasteiger partial charge is 0.230 e. The number of carbonyl (C=O) groups is 2. The second kappa shape index (κ2) is 4.28. The summed E-state index contributed by atoms with van der Waals surface area (Å²) in [5.74, 6) is 0.0190. The van der Waals surface area contributed by atoms with E-state index in [1.54, 1.807) is 4.90 Å². The second-order valence-corrected chi connectivity index (χ2v) is 5.40. The Morgan fingerprint density at radius 3 is 3.13 bits per heavy atom. The molecule has 2 heterocycles. The summed E-state index contributed by atoms with van der Waals surface area (Å²) in [5, 5.41) is 0.720. The number of anilines is 1. The molecule has 80 valence electrons. The third-order valence-electron chi connectivity index (χ3n) is 2.00. The molecule has 0 saturated carbocycles. The lowest BCUT2D eigenvalue weighted by molar-refractivity contribution is -0.117. The maximum absolute atomic E-state index is 11.6. The van der Waals surface area contributed by atoms with Gasteiger partial charge in [0.1, 0.15) is 6.33 Å². The van der Waals surface area contributed by atoms with Crippen LogP contribution in [0.3, 0.4) is 0 Å². The lowest BCUT2D eigenvalue weighted by Gasteiger charge is -2.10. The normalized spacial score (nSPS) is 21.0. The van der Waals surface area contributed by atoms with Crippen LogP contribution >= 0.6 is 23.3 Å². The Hall–Kier alpha value is -0.950. The molecule has 5 nitrogen and oxygen atoms in total. The molecule has 1 aliphatic heterocycles. The molecule has 15 heavy (non-hydrogen) atoms.